The number of phosphoric ester groups is 4. The number of carbonyl (C=O) groups excluding carboxylic acids is 1. The summed E-state index contributed by atoms with van der Waals surface area (Å²) in [6, 6.07) is -1.07. The van der Waals surface area contributed by atoms with Crippen molar-refractivity contribution in [3.63, 3.8) is 0 Å². The Morgan fingerprint density at radius 1 is 0.719 bits per heavy atom. The minimum Gasteiger partial charge on any atom is -0.394 e. The molecule has 9 N–H and O–H groups in total. The molecule has 0 aromatic heterocycles. The van der Waals surface area contributed by atoms with Crippen molar-refractivity contribution >= 4 is 37.2 Å². The highest BCUT2D eigenvalue weighted by molar-refractivity contribution is 7.48. The number of ether oxygens (including phenoxy) is 5. The Bertz CT molecular complexity index is 1560. The molecule has 26 nitrogen and oxygen atoms in total. The Labute approximate surface area is 374 Å². The van der Waals surface area contributed by atoms with Gasteiger partial charge in [-0.05, 0) is 82.1 Å². The molecule has 0 fully saturated rings. The first kappa shape index (κ1) is 63.6. The molecule has 0 bridgehead atoms. The van der Waals surface area contributed by atoms with Crippen molar-refractivity contribution in [2.75, 3.05) is 66.6 Å². The van der Waals surface area contributed by atoms with E-state index >= 15 is 0 Å². The Morgan fingerprint density at radius 2 is 1.30 bits per heavy atom. The van der Waals surface area contributed by atoms with Crippen molar-refractivity contribution in [2.45, 2.75) is 148 Å². The molecule has 1 amide bonds. The topological polar surface area (TPSA) is 370 Å². The quantitative estimate of drug-likeness (QED) is 0.0245. The zero-order chi connectivity index (χ0) is 50.0. The van der Waals surface area contributed by atoms with Crippen LogP contribution in [0, 0.1) is 0 Å². The van der Waals surface area contributed by atoms with Gasteiger partial charge in [0.2, 0.25) is 5.91 Å². The SMILES string of the molecule is CCOP(=O)(O)OC(C)(C)C(C)(C)OC(COCC(C)OP(=O)(O)OC)(COCC(C)(C)OP(=O)(O)OCCCC(C)OC(OC(CO)[C@@H](C)O)[C@H](CO)NC(C)=O)COP(=O)(O)O. The van der Waals surface area contributed by atoms with E-state index in [1.165, 1.54) is 69.2 Å². The standard InChI is InChI=1S/C34H73NO25P4/c1-13-52-63(45,46)60-33(10,11)32(8,9)58-34(23-54-61(40,41)42,21-50-19-25(3)57-62(43,44)49-12)22-51-20-31(6,7)59-64(47,48)53-16-14-15-24(2)55-30(28(17-36)35-27(5)39)56-29(18-37)26(4)38/h24-26,28-30,36-38H,13-23H2,1-12H3,(H,35,39)(H,43,44)(H,45,46)(H,47,48)(H2,40,41,42)/t24?,25?,26-,28+,29?,30?,34?/m1/s1. The summed E-state index contributed by atoms with van der Waals surface area (Å²) in [6.45, 7) is 10.3. The van der Waals surface area contributed by atoms with Crippen molar-refractivity contribution in [2.24, 2.45) is 0 Å². The maximum atomic E-state index is 13.1. The van der Waals surface area contributed by atoms with Crippen LogP contribution < -0.4 is 5.32 Å². The van der Waals surface area contributed by atoms with Crippen LogP contribution in [0.2, 0.25) is 0 Å². The van der Waals surface area contributed by atoms with Crippen LogP contribution in [0.1, 0.15) is 89.0 Å². The highest BCUT2D eigenvalue weighted by atomic mass is 31.2. The fraction of sp³-hybridized carbons (Fsp3) is 0.971. The maximum absolute atomic E-state index is 13.1. The van der Waals surface area contributed by atoms with Gasteiger partial charge in [0.05, 0.1) is 89.0 Å². The average Bonchev–Trinajstić information content (AvgIpc) is 3.11. The highest BCUT2D eigenvalue weighted by Crippen LogP contribution is 2.51. The summed E-state index contributed by atoms with van der Waals surface area (Å²) in [7, 11) is -18.3. The molecule has 0 aliphatic carbocycles. The van der Waals surface area contributed by atoms with Gasteiger partial charge in [-0.3, -0.25) is 36.5 Å². The third-order valence-electron chi connectivity index (χ3n) is 8.81. The van der Waals surface area contributed by atoms with E-state index in [-0.39, 0.29) is 26.1 Å². The van der Waals surface area contributed by atoms with Crippen molar-refractivity contribution < 1.29 is 118 Å². The number of amides is 1. The smallest absolute Gasteiger partial charge is 0.394 e. The van der Waals surface area contributed by atoms with Crippen LogP contribution in [0.15, 0.2) is 0 Å². The van der Waals surface area contributed by atoms with Crippen molar-refractivity contribution in [3.05, 3.63) is 0 Å². The van der Waals surface area contributed by atoms with Gasteiger partial charge < -0.3 is 68.8 Å². The molecular formula is C34H73NO25P4. The Hall–Kier alpha value is -0.410. The average molecular weight is 1020 g/mol. The van der Waals surface area contributed by atoms with E-state index in [0.717, 1.165) is 7.11 Å². The van der Waals surface area contributed by atoms with Crippen LogP contribution in [0.3, 0.4) is 0 Å². The van der Waals surface area contributed by atoms with Gasteiger partial charge in [-0.2, -0.15) is 0 Å². The summed E-state index contributed by atoms with van der Waals surface area (Å²) in [5, 5.41) is 31.9. The van der Waals surface area contributed by atoms with Gasteiger partial charge >= 0.3 is 31.3 Å². The van der Waals surface area contributed by atoms with E-state index in [9.17, 15) is 62.8 Å². The van der Waals surface area contributed by atoms with Crippen LogP contribution >= 0.6 is 31.3 Å². The second-order valence-corrected chi connectivity index (χ2v) is 21.8. The van der Waals surface area contributed by atoms with Crippen LogP contribution in [-0.2, 0) is 78.4 Å². The maximum Gasteiger partial charge on any atom is 0.472 e. The van der Waals surface area contributed by atoms with Gasteiger partial charge in [0.15, 0.2) is 6.29 Å². The Morgan fingerprint density at radius 3 is 1.80 bits per heavy atom. The minimum atomic E-state index is -5.24. The second-order valence-electron chi connectivity index (χ2n) is 16.3. The molecule has 0 spiro atoms. The first-order valence-corrected chi connectivity index (χ1v) is 26.0. The fourth-order valence-electron chi connectivity index (χ4n) is 5.24. The molecular weight excluding hydrogens is 946 g/mol. The molecule has 8 unspecified atom stereocenters. The lowest BCUT2D eigenvalue weighted by Crippen LogP contribution is -2.59. The number of rotatable bonds is 37. The zero-order valence-corrected chi connectivity index (χ0v) is 42.1. The second kappa shape index (κ2) is 27.7. The van der Waals surface area contributed by atoms with E-state index < -0.39 is 143 Å². The van der Waals surface area contributed by atoms with Crippen molar-refractivity contribution in [1.82, 2.24) is 5.32 Å². The predicted molar refractivity (Wildman–Crippen MR) is 224 cm³/mol. The van der Waals surface area contributed by atoms with E-state index in [2.05, 4.69) is 9.84 Å². The van der Waals surface area contributed by atoms with Gasteiger partial charge in [-0.1, -0.05) is 0 Å². The molecule has 64 heavy (non-hydrogen) atoms. The molecule has 384 valence electrons. The summed E-state index contributed by atoms with van der Waals surface area (Å²) in [4.78, 5) is 61.7. The molecule has 0 saturated carbocycles. The lowest BCUT2D eigenvalue weighted by molar-refractivity contribution is -0.252. The number of aliphatic hydroxyl groups excluding tert-OH is 3. The van der Waals surface area contributed by atoms with E-state index in [1.807, 2.05) is 0 Å². The third kappa shape index (κ3) is 26.4. The molecule has 0 aliphatic rings. The van der Waals surface area contributed by atoms with E-state index in [0.29, 0.717) is 0 Å². The number of hydrogen-bond acceptors (Lipinski definition) is 20. The third-order valence-corrected chi connectivity index (χ3v) is 12.9. The normalized spacial score (nSPS) is 19.9. The van der Waals surface area contributed by atoms with E-state index in [4.69, 9.17) is 50.8 Å². The van der Waals surface area contributed by atoms with Crippen molar-refractivity contribution in [3.8, 4) is 0 Å². The van der Waals surface area contributed by atoms with Gasteiger partial charge in [0.1, 0.15) is 23.3 Å². The largest absolute Gasteiger partial charge is 0.472 e. The fourth-order valence-corrected chi connectivity index (χ4v) is 8.51. The number of hydrogen-bond donors (Lipinski definition) is 9. The molecule has 0 radical (unpaired) electrons. The first-order valence-electron chi connectivity index (χ1n) is 20.0. The summed E-state index contributed by atoms with van der Waals surface area (Å²) < 4.78 is 114. The van der Waals surface area contributed by atoms with E-state index in [1.54, 1.807) is 6.92 Å². The zero-order valence-electron chi connectivity index (χ0n) is 38.5. The summed E-state index contributed by atoms with van der Waals surface area (Å²) >= 11 is 0. The van der Waals surface area contributed by atoms with Crippen LogP contribution in [0.25, 0.3) is 0 Å². The molecule has 0 aliphatic heterocycles. The summed E-state index contributed by atoms with van der Waals surface area (Å²) in [5.74, 6) is -0.510. The molecule has 10 atom stereocenters. The minimum absolute atomic E-state index is 0.110. The monoisotopic (exact) mass is 1020 g/mol. The van der Waals surface area contributed by atoms with Crippen LogP contribution in [0.5, 0.6) is 0 Å². The van der Waals surface area contributed by atoms with Gasteiger partial charge in [-0.15, -0.1) is 0 Å². The van der Waals surface area contributed by atoms with Gasteiger partial charge in [0, 0.05) is 14.0 Å². The van der Waals surface area contributed by atoms with Gasteiger partial charge in [-0.25, -0.2) is 18.3 Å². The first-order chi connectivity index (χ1) is 29.0. The van der Waals surface area contributed by atoms with Crippen LogP contribution in [-0.4, -0.2) is 171 Å². The Balaban J connectivity index is 6.16. The number of carbonyl (C=O) groups is 1. The number of phosphoric acid groups is 4. The molecule has 0 saturated heterocycles. The number of aliphatic hydroxyl groups is 3. The van der Waals surface area contributed by atoms with Crippen LogP contribution in [0.4, 0.5) is 0 Å². The Kier molecular flexibility index (Phi) is 27.5. The highest BCUT2D eigenvalue weighted by Gasteiger charge is 2.51. The molecule has 0 rings (SSSR count). The lowest BCUT2D eigenvalue weighted by Gasteiger charge is -2.47. The lowest BCUT2D eigenvalue weighted by atomic mass is 9.88. The van der Waals surface area contributed by atoms with Crippen molar-refractivity contribution in [1.29, 1.82) is 0 Å². The van der Waals surface area contributed by atoms with Gasteiger partial charge in [0.25, 0.3) is 0 Å². The molecule has 30 heteroatoms. The summed E-state index contributed by atoms with van der Waals surface area (Å²) in [5.41, 5.74) is -7.08. The number of nitrogens with one attached hydrogen (secondary N) is 1. The predicted octanol–water partition coefficient (Wildman–Crippen LogP) is 2.43. The molecule has 0 aromatic rings. The summed E-state index contributed by atoms with van der Waals surface area (Å²) in [6.07, 6.45) is -5.05. The molecule has 0 aromatic carbocycles. The molecule has 0 heterocycles.